The molecule has 0 aliphatic rings. The number of aromatic nitrogens is 2. The van der Waals surface area contributed by atoms with Crippen molar-refractivity contribution in [3.8, 4) is 0 Å². The fourth-order valence-electron chi connectivity index (χ4n) is 1.28. The van der Waals surface area contributed by atoms with Gasteiger partial charge >= 0.3 is 0 Å². The van der Waals surface area contributed by atoms with E-state index in [1.165, 1.54) is 6.42 Å². The van der Waals surface area contributed by atoms with Gasteiger partial charge in [0.05, 0.1) is 0 Å². The number of nitrogens with two attached hydrogens (primary N) is 2. The topological polar surface area (TPSA) is 69.9 Å². The van der Waals surface area contributed by atoms with E-state index in [2.05, 4.69) is 18.9 Å². The van der Waals surface area contributed by atoms with Gasteiger partial charge in [0, 0.05) is 12.6 Å². The van der Waals surface area contributed by atoms with Crippen LogP contribution in [0.4, 0.5) is 11.6 Å². The molecule has 0 saturated heterocycles. The average molecular weight is 182 g/mol. The van der Waals surface area contributed by atoms with Crippen LogP contribution in [0.1, 0.15) is 26.7 Å². The van der Waals surface area contributed by atoms with Gasteiger partial charge in [0.15, 0.2) is 0 Å². The molecular weight excluding hydrogens is 164 g/mol. The second-order valence-corrected chi connectivity index (χ2v) is 3.75. The predicted octanol–water partition coefficient (Wildman–Crippen LogP) is 1.48. The summed E-state index contributed by atoms with van der Waals surface area (Å²) in [7, 11) is 0. The Labute approximate surface area is 78.9 Å². The Hall–Kier alpha value is -1.19. The molecule has 4 heteroatoms. The smallest absolute Gasteiger partial charge is 0.147 e. The number of rotatable bonds is 4. The summed E-state index contributed by atoms with van der Waals surface area (Å²) in [6.45, 7) is 5.28. The summed E-state index contributed by atoms with van der Waals surface area (Å²) in [5.74, 6) is 1.89. The van der Waals surface area contributed by atoms with Crippen LogP contribution in [-0.2, 0) is 6.54 Å². The predicted molar refractivity (Wildman–Crippen MR) is 55.1 cm³/mol. The van der Waals surface area contributed by atoms with Crippen LogP contribution in [0, 0.1) is 5.92 Å². The molecule has 0 aromatic carbocycles. The third-order valence-electron chi connectivity index (χ3n) is 1.98. The third-order valence-corrected chi connectivity index (χ3v) is 1.98. The first-order chi connectivity index (χ1) is 6.09. The van der Waals surface area contributed by atoms with Crippen molar-refractivity contribution in [3.63, 3.8) is 0 Å². The summed E-state index contributed by atoms with van der Waals surface area (Å²) in [5, 5.41) is 4.08. The molecule has 13 heavy (non-hydrogen) atoms. The second-order valence-electron chi connectivity index (χ2n) is 3.75. The number of aryl methyl sites for hydroxylation is 1. The highest BCUT2D eigenvalue weighted by atomic mass is 15.3. The van der Waals surface area contributed by atoms with Crippen molar-refractivity contribution in [1.29, 1.82) is 0 Å². The molecule has 1 rings (SSSR count). The Morgan fingerprint density at radius 3 is 2.62 bits per heavy atom. The summed E-state index contributed by atoms with van der Waals surface area (Å²) >= 11 is 0. The summed E-state index contributed by atoms with van der Waals surface area (Å²) in [4.78, 5) is 0. The molecule has 1 aromatic heterocycles. The summed E-state index contributed by atoms with van der Waals surface area (Å²) in [6, 6.07) is 1.69. The Morgan fingerprint density at radius 1 is 1.46 bits per heavy atom. The van der Waals surface area contributed by atoms with Crippen LogP contribution in [0.3, 0.4) is 0 Å². The van der Waals surface area contributed by atoms with Gasteiger partial charge in [-0.05, 0) is 18.8 Å². The maximum absolute atomic E-state index is 5.68. The van der Waals surface area contributed by atoms with Crippen molar-refractivity contribution in [2.24, 2.45) is 5.92 Å². The Balaban J connectivity index is 2.40. The minimum atomic E-state index is 0.502. The van der Waals surface area contributed by atoms with Crippen molar-refractivity contribution < 1.29 is 0 Å². The molecule has 0 radical (unpaired) electrons. The first-order valence-electron chi connectivity index (χ1n) is 4.68. The maximum atomic E-state index is 5.68. The fraction of sp³-hybridized carbons (Fsp3) is 0.667. The van der Waals surface area contributed by atoms with Crippen LogP contribution < -0.4 is 11.5 Å². The zero-order valence-electron chi connectivity index (χ0n) is 8.33. The fourth-order valence-corrected chi connectivity index (χ4v) is 1.28. The van der Waals surface area contributed by atoms with Gasteiger partial charge in [0.25, 0.3) is 0 Å². The highest BCUT2D eigenvalue weighted by Gasteiger charge is 2.01. The summed E-state index contributed by atoms with van der Waals surface area (Å²) in [5.41, 5.74) is 11.2. The minimum absolute atomic E-state index is 0.502. The van der Waals surface area contributed by atoms with Crippen molar-refractivity contribution in [2.45, 2.75) is 33.2 Å². The van der Waals surface area contributed by atoms with Crippen molar-refractivity contribution >= 4 is 11.6 Å². The van der Waals surface area contributed by atoms with E-state index in [0.29, 0.717) is 11.6 Å². The molecular formula is C9H18N4. The van der Waals surface area contributed by atoms with Gasteiger partial charge in [-0.15, -0.1) is 0 Å². The SMILES string of the molecule is CC(C)CCCn1nc(N)cc1N. The van der Waals surface area contributed by atoms with Crippen molar-refractivity contribution in [3.05, 3.63) is 6.07 Å². The number of nitrogen functional groups attached to an aromatic ring is 2. The summed E-state index contributed by atoms with van der Waals surface area (Å²) < 4.78 is 1.76. The molecule has 0 atom stereocenters. The lowest BCUT2D eigenvalue weighted by atomic mass is 10.1. The van der Waals surface area contributed by atoms with E-state index in [0.717, 1.165) is 18.9 Å². The molecule has 0 amide bonds. The Bertz CT molecular complexity index is 265. The van der Waals surface area contributed by atoms with Gasteiger partial charge in [0.2, 0.25) is 0 Å². The normalized spacial score (nSPS) is 11.0. The molecule has 1 heterocycles. The van der Waals surface area contributed by atoms with Crippen LogP contribution in [0.25, 0.3) is 0 Å². The zero-order chi connectivity index (χ0) is 9.84. The van der Waals surface area contributed by atoms with E-state index in [-0.39, 0.29) is 0 Å². The lowest BCUT2D eigenvalue weighted by Crippen LogP contribution is -2.05. The number of hydrogen-bond acceptors (Lipinski definition) is 3. The highest BCUT2D eigenvalue weighted by Crippen LogP contribution is 2.10. The first kappa shape index (κ1) is 9.89. The molecule has 4 nitrogen and oxygen atoms in total. The minimum Gasteiger partial charge on any atom is -0.384 e. The zero-order valence-corrected chi connectivity index (χ0v) is 8.33. The number of nitrogens with zero attached hydrogens (tertiary/aromatic N) is 2. The van der Waals surface area contributed by atoms with E-state index in [1.807, 2.05) is 0 Å². The van der Waals surface area contributed by atoms with Gasteiger partial charge < -0.3 is 11.5 Å². The molecule has 0 aliphatic heterocycles. The van der Waals surface area contributed by atoms with Crippen LogP contribution >= 0.6 is 0 Å². The molecule has 1 aromatic rings. The van der Waals surface area contributed by atoms with Gasteiger partial charge in [-0.3, -0.25) is 0 Å². The third kappa shape index (κ3) is 2.97. The highest BCUT2D eigenvalue weighted by molar-refractivity contribution is 5.41. The lowest BCUT2D eigenvalue weighted by Gasteiger charge is -2.05. The van der Waals surface area contributed by atoms with E-state index in [4.69, 9.17) is 11.5 Å². The molecule has 4 N–H and O–H groups in total. The maximum Gasteiger partial charge on any atom is 0.147 e. The summed E-state index contributed by atoms with van der Waals surface area (Å²) in [6.07, 6.45) is 2.29. The lowest BCUT2D eigenvalue weighted by molar-refractivity contribution is 0.494. The van der Waals surface area contributed by atoms with Crippen LogP contribution in [0.5, 0.6) is 0 Å². The van der Waals surface area contributed by atoms with E-state index < -0.39 is 0 Å². The van der Waals surface area contributed by atoms with Crippen molar-refractivity contribution in [1.82, 2.24) is 9.78 Å². The van der Waals surface area contributed by atoms with Crippen LogP contribution in [0.15, 0.2) is 6.07 Å². The van der Waals surface area contributed by atoms with E-state index >= 15 is 0 Å². The number of hydrogen-bond donors (Lipinski definition) is 2. The second kappa shape index (κ2) is 4.16. The van der Waals surface area contributed by atoms with Gasteiger partial charge in [0.1, 0.15) is 11.6 Å². The van der Waals surface area contributed by atoms with E-state index in [1.54, 1.807) is 10.7 Å². The Morgan fingerprint density at radius 2 is 2.15 bits per heavy atom. The van der Waals surface area contributed by atoms with Gasteiger partial charge in [-0.25, -0.2) is 4.68 Å². The Kier molecular flexibility index (Phi) is 3.17. The molecule has 0 spiro atoms. The molecule has 74 valence electrons. The first-order valence-corrected chi connectivity index (χ1v) is 4.68. The molecule has 0 saturated carbocycles. The van der Waals surface area contributed by atoms with Crippen LogP contribution in [-0.4, -0.2) is 9.78 Å². The van der Waals surface area contributed by atoms with Crippen molar-refractivity contribution in [2.75, 3.05) is 11.5 Å². The van der Waals surface area contributed by atoms with Gasteiger partial charge in [-0.1, -0.05) is 13.8 Å². The van der Waals surface area contributed by atoms with Crippen LogP contribution in [0.2, 0.25) is 0 Å². The van der Waals surface area contributed by atoms with Gasteiger partial charge in [-0.2, -0.15) is 5.10 Å². The largest absolute Gasteiger partial charge is 0.384 e. The molecule has 0 unspecified atom stereocenters. The molecule has 0 aliphatic carbocycles. The molecule has 0 bridgehead atoms. The monoisotopic (exact) mass is 182 g/mol. The molecule has 0 fully saturated rings. The number of anilines is 2. The van der Waals surface area contributed by atoms with E-state index in [9.17, 15) is 0 Å². The standard InChI is InChI=1S/C9H18N4/c1-7(2)4-3-5-13-9(11)6-8(10)12-13/h6-7H,3-5,11H2,1-2H3,(H2,10,12). The quantitative estimate of drug-likeness (QED) is 0.741. The average Bonchev–Trinajstić information content (AvgIpc) is 2.29.